The highest BCUT2D eigenvalue weighted by molar-refractivity contribution is 5.95. The first kappa shape index (κ1) is 38.8. The molecule has 0 saturated carbocycles. The third-order valence-corrected chi connectivity index (χ3v) is 6.83. The maximum Gasteiger partial charge on any atom is 0.243 e. The standard InChI is InChI=1S/C31H53N9O5/c1-19(2)16-23(28(43)38-22(27(33)42)12-9-15-36-31(34)35)39-29(44)24(17-20(3)4)40-30(45)25(37-26(41)13-8-14-32)18-21-10-6-5-7-11-21/h5-7,10-11,19-20,22-25H,8-9,12-18,32H2,1-4H3,(H2,33,42)(H,37,41)(H,38,43)(H,39,44)(H,40,45)(H4,34,35,36)/t22-,23-,24-,25-/m0/s1. The number of rotatable bonds is 21. The number of primary amides is 1. The second kappa shape index (κ2) is 20.7. The van der Waals surface area contributed by atoms with Gasteiger partial charge in [0.25, 0.3) is 0 Å². The van der Waals surface area contributed by atoms with E-state index < -0.39 is 47.8 Å². The third-order valence-electron chi connectivity index (χ3n) is 6.83. The van der Waals surface area contributed by atoms with Gasteiger partial charge in [-0.3, -0.25) is 29.0 Å². The molecule has 0 fully saturated rings. The molecule has 5 amide bonds. The molecule has 1 rings (SSSR count). The van der Waals surface area contributed by atoms with Crippen LogP contribution in [0.15, 0.2) is 35.3 Å². The Bertz CT molecular complexity index is 1120. The molecule has 252 valence electrons. The van der Waals surface area contributed by atoms with Crippen molar-refractivity contribution in [1.29, 1.82) is 0 Å². The molecule has 0 aliphatic rings. The maximum absolute atomic E-state index is 13.6. The van der Waals surface area contributed by atoms with Crippen molar-refractivity contribution in [2.45, 2.75) is 96.8 Å². The van der Waals surface area contributed by atoms with Crippen LogP contribution in [0.1, 0.15) is 71.8 Å². The molecule has 0 unspecified atom stereocenters. The average molecular weight is 632 g/mol. The van der Waals surface area contributed by atoms with E-state index in [0.29, 0.717) is 19.4 Å². The average Bonchev–Trinajstić information content (AvgIpc) is 2.96. The zero-order chi connectivity index (χ0) is 33.9. The molecule has 1 aromatic rings. The lowest BCUT2D eigenvalue weighted by atomic mass is 9.99. The Morgan fingerprint density at radius 3 is 1.69 bits per heavy atom. The number of nitrogens with two attached hydrogens (primary N) is 4. The van der Waals surface area contributed by atoms with Gasteiger partial charge in [-0.1, -0.05) is 58.0 Å². The third kappa shape index (κ3) is 16.4. The van der Waals surface area contributed by atoms with Crippen LogP contribution in [0, 0.1) is 11.8 Å². The van der Waals surface area contributed by atoms with E-state index >= 15 is 0 Å². The Hall–Kier alpha value is -4.20. The van der Waals surface area contributed by atoms with Crippen LogP contribution in [0.5, 0.6) is 0 Å². The van der Waals surface area contributed by atoms with E-state index in [0.717, 1.165) is 5.56 Å². The Morgan fingerprint density at radius 1 is 0.711 bits per heavy atom. The van der Waals surface area contributed by atoms with Gasteiger partial charge in [-0.15, -0.1) is 0 Å². The number of carbonyl (C=O) groups excluding carboxylic acids is 5. The number of aliphatic imine (C=N–C) groups is 1. The van der Waals surface area contributed by atoms with E-state index in [1.807, 2.05) is 58.0 Å². The number of hydrogen-bond donors (Lipinski definition) is 8. The summed E-state index contributed by atoms with van der Waals surface area (Å²) in [5.41, 5.74) is 22.6. The quantitative estimate of drug-likeness (QED) is 0.0499. The van der Waals surface area contributed by atoms with Crippen molar-refractivity contribution < 1.29 is 24.0 Å². The number of guanidine groups is 1. The van der Waals surface area contributed by atoms with E-state index in [-0.39, 0.29) is 62.4 Å². The topological polar surface area (TPSA) is 250 Å². The van der Waals surface area contributed by atoms with Gasteiger partial charge in [0, 0.05) is 19.4 Å². The lowest BCUT2D eigenvalue weighted by Crippen LogP contribution is -2.58. The summed E-state index contributed by atoms with van der Waals surface area (Å²) in [6, 6.07) is 5.29. The van der Waals surface area contributed by atoms with E-state index in [9.17, 15) is 24.0 Å². The zero-order valence-electron chi connectivity index (χ0n) is 27.0. The van der Waals surface area contributed by atoms with Crippen LogP contribution in [-0.4, -0.2) is 72.8 Å². The Balaban J connectivity index is 3.12. The van der Waals surface area contributed by atoms with Crippen molar-refractivity contribution in [3.63, 3.8) is 0 Å². The van der Waals surface area contributed by atoms with Crippen LogP contribution < -0.4 is 44.2 Å². The molecule has 0 bridgehead atoms. The summed E-state index contributed by atoms with van der Waals surface area (Å²) in [6.07, 6.45) is 1.99. The highest BCUT2D eigenvalue weighted by Crippen LogP contribution is 2.11. The molecule has 0 spiro atoms. The summed E-state index contributed by atoms with van der Waals surface area (Å²) in [7, 11) is 0. The zero-order valence-corrected chi connectivity index (χ0v) is 27.0. The van der Waals surface area contributed by atoms with Gasteiger partial charge in [-0.2, -0.15) is 0 Å². The highest BCUT2D eigenvalue weighted by atomic mass is 16.2. The van der Waals surface area contributed by atoms with E-state index in [2.05, 4.69) is 26.3 Å². The van der Waals surface area contributed by atoms with Crippen molar-refractivity contribution >= 4 is 35.5 Å². The molecule has 0 radical (unpaired) electrons. The molecule has 1 aromatic carbocycles. The molecule has 14 heteroatoms. The van der Waals surface area contributed by atoms with Crippen LogP contribution in [0.4, 0.5) is 0 Å². The fourth-order valence-electron chi connectivity index (χ4n) is 4.60. The number of carbonyl (C=O) groups is 5. The SMILES string of the molecule is CC(C)C[C@H](NC(=O)[C@H](CC(C)C)NC(=O)[C@H](Cc1ccccc1)NC(=O)CCCN)C(=O)N[C@@H](CCCN=C(N)N)C(N)=O. The molecule has 4 atom stereocenters. The number of nitrogens with one attached hydrogen (secondary N) is 4. The molecular formula is C31H53N9O5. The lowest BCUT2D eigenvalue weighted by Gasteiger charge is -2.27. The van der Waals surface area contributed by atoms with Crippen LogP contribution in [-0.2, 0) is 30.4 Å². The normalized spacial score (nSPS) is 13.7. The summed E-state index contributed by atoms with van der Waals surface area (Å²) in [5, 5.41) is 11.0. The highest BCUT2D eigenvalue weighted by Gasteiger charge is 2.31. The van der Waals surface area contributed by atoms with Crippen molar-refractivity contribution in [3.05, 3.63) is 35.9 Å². The van der Waals surface area contributed by atoms with Gasteiger partial charge in [0.2, 0.25) is 29.5 Å². The molecule has 12 N–H and O–H groups in total. The summed E-state index contributed by atoms with van der Waals surface area (Å²) in [5.74, 6) is -2.79. The number of amides is 5. The van der Waals surface area contributed by atoms with Gasteiger partial charge in [-0.05, 0) is 56.0 Å². The predicted molar refractivity (Wildman–Crippen MR) is 174 cm³/mol. The molecule has 14 nitrogen and oxygen atoms in total. The minimum Gasteiger partial charge on any atom is -0.370 e. The number of hydrogen-bond acceptors (Lipinski definition) is 7. The number of benzene rings is 1. The Morgan fingerprint density at radius 2 is 1.22 bits per heavy atom. The van der Waals surface area contributed by atoms with Crippen LogP contribution in [0.2, 0.25) is 0 Å². The largest absolute Gasteiger partial charge is 0.370 e. The van der Waals surface area contributed by atoms with Crippen molar-refractivity contribution in [2.75, 3.05) is 13.1 Å². The van der Waals surface area contributed by atoms with Gasteiger partial charge in [0.15, 0.2) is 5.96 Å². The van der Waals surface area contributed by atoms with E-state index in [1.165, 1.54) is 0 Å². The monoisotopic (exact) mass is 631 g/mol. The second-order valence-corrected chi connectivity index (χ2v) is 12.0. The van der Waals surface area contributed by atoms with Gasteiger partial charge in [0.1, 0.15) is 24.2 Å². The lowest BCUT2D eigenvalue weighted by molar-refractivity contribution is -0.134. The van der Waals surface area contributed by atoms with E-state index in [1.54, 1.807) is 0 Å². The maximum atomic E-state index is 13.6. The first-order valence-electron chi connectivity index (χ1n) is 15.5. The molecule has 0 aliphatic heterocycles. The van der Waals surface area contributed by atoms with Crippen LogP contribution in [0.25, 0.3) is 0 Å². The minimum absolute atomic E-state index is 0.00655. The van der Waals surface area contributed by atoms with Crippen LogP contribution >= 0.6 is 0 Å². The van der Waals surface area contributed by atoms with Gasteiger partial charge in [0.05, 0.1) is 0 Å². The minimum atomic E-state index is -1.00. The predicted octanol–water partition coefficient (Wildman–Crippen LogP) is -0.462. The van der Waals surface area contributed by atoms with Gasteiger partial charge < -0.3 is 44.2 Å². The first-order valence-corrected chi connectivity index (χ1v) is 15.5. The molecule has 45 heavy (non-hydrogen) atoms. The summed E-state index contributed by atoms with van der Waals surface area (Å²) < 4.78 is 0. The Labute approximate surface area is 266 Å². The van der Waals surface area contributed by atoms with Crippen molar-refractivity contribution in [1.82, 2.24) is 21.3 Å². The van der Waals surface area contributed by atoms with Gasteiger partial charge >= 0.3 is 0 Å². The van der Waals surface area contributed by atoms with Crippen LogP contribution in [0.3, 0.4) is 0 Å². The fraction of sp³-hybridized carbons (Fsp3) is 0.613. The summed E-state index contributed by atoms with van der Waals surface area (Å²) in [6.45, 7) is 8.18. The van der Waals surface area contributed by atoms with E-state index in [4.69, 9.17) is 22.9 Å². The number of nitrogens with zero attached hydrogens (tertiary/aromatic N) is 1. The second-order valence-electron chi connectivity index (χ2n) is 12.0. The van der Waals surface area contributed by atoms with Crippen molar-refractivity contribution in [3.8, 4) is 0 Å². The van der Waals surface area contributed by atoms with Crippen molar-refractivity contribution in [2.24, 2.45) is 39.8 Å². The summed E-state index contributed by atoms with van der Waals surface area (Å²) in [4.78, 5) is 69.0. The Kier molecular flexibility index (Phi) is 17.9. The molecule has 0 heterocycles. The molecule has 0 saturated heterocycles. The summed E-state index contributed by atoms with van der Waals surface area (Å²) >= 11 is 0. The first-order chi connectivity index (χ1) is 21.2. The fourth-order valence-corrected chi connectivity index (χ4v) is 4.60. The molecule has 0 aromatic heterocycles. The molecular weight excluding hydrogens is 578 g/mol. The molecule has 0 aliphatic carbocycles. The smallest absolute Gasteiger partial charge is 0.243 e. The van der Waals surface area contributed by atoms with Gasteiger partial charge in [-0.25, -0.2) is 0 Å².